The molecule has 1 aliphatic heterocycles. The van der Waals surface area contributed by atoms with Gasteiger partial charge in [0, 0.05) is 18.5 Å². The number of nitrogens with one attached hydrogen (secondary N) is 1. The van der Waals surface area contributed by atoms with Gasteiger partial charge in [0.25, 0.3) is 5.91 Å². The van der Waals surface area contributed by atoms with Crippen molar-refractivity contribution < 1.29 is 18.7 Å². The van der Waals surface area contributed by atoms with Crippen LogP contribution in [0.5, 0.6) is 5.75 Å². The maximum absolute atomic E-state index is 14.2. The lowest BCUT2D eigenvalue weighted by atomic mass is 9.85. The number of fused-ring (bicyclic) bond motifs is 1. The third-order valence-corrected chi connectivity index (χ3v) is 6.40. The van der Waals surface area contributed by atoms with Crippen molar-refractivity contribution in [2.45, 2.75) is 52.8 Å². The first-order chi connectivity index (χ1) is 17.1. The van der Waals surface area contributed by atoms with Gasteiger partial charge in [-0.2, -0.15) is 0 Å². The van der Waals surface area contributed by atoms with Crippen LogP contribution in [0.25, 0.3) is 0 Å². The molecule has 188 valence electrons. The predicted octanol–water partition coefficient (Wildman–Crippen LogP) is 5.43. The molecular weight excluding hydrogens is 455 g/mol. The highest BCUT2D eigenvalue weighted by molar-refractivity contribution is 5.83. The van der Waals surface area contributed by atoms with Gasteiger partial charge in [-0.1, -0.05) is 69.3 Å². The molecule has 3 aromatic rings. The number of nitrogens with zero attached hydrogens (tertiary/aromatic N) is 1. The summed E-state index contributed by atoms with van der Waals surface area (Å²) in [4.78, 5) is 27.9. The molecule has 1 heterocycles. The number of carbonyl (C=O) groups excluding carboxylic acids is 2. The van der Waals surface area contributed by atoms with E-state index in [9.17, 15) is 14.0 Å². The molecule has 2 atom stereocenters. The van der Waals surface area contributed by atoms with Gasteiger partial charge in [-0.3, -0.25) is 9.59 Å². The van der Waals surface area contributed by atoms with E-state index in [1.54, 1.807) is 13.0 Å². The summed E-state index contributed by atoms with van der Waals surface area (Å²) < 4.78 is 20.2. The number of hydrogen-bond donors (Lipinski definition) is 1. The zero-order valence-electron chi connectivity index (χ0n) is 21.3. The van der Waals surface area contributed by atoms with E-state index in [1.807, 2.05) is 80.3 Å². The molecule has 0 radical (unpaired) electrons. The summed E-state index contributed by atoms with van der Waals surface area (Å²) in [5.74, 6) is -0.0355. The van der Waals surface area contributed by atoms with Crippen molar-refractivity contribution in [3.63, 3.8) is 0 Å². The highest BCUT2D eigenvalue weighted by Gasteiger charge is 2.37. The van der Waals surface area contributed by atoms with E-state index in [1.165, 1.54) is 12.1 Å². The summed E-state index contributed by atoms with van der Waals surface area (Å²) in [6.07, 6.45) is -0.0219. The first-order valence-electron chi connectivity index (χ1n) is 12.3. The normalized spacial score (nSPS) is 16.1. The number of hydrogen-bond acceptors (Lipinski definition) is 3. The van der Waals surface area contributed by atoms with E-state index < -0.39 is 17.6 Å². The zero-order valence-corrected chi connectivity index (χ0v) is 21.3. The summed E-state index contributed by atoms with van der Waals surface area (Å²) in [6, 6.07) is 21.4. The number of carbonyl (C=O) groups is 2. The minimum Gasteiger partial charge on any atom is -0.481 e. The van der Waals surface area contributed by atoms with Crippen LogP contribution in [0, 0.1) is 11.2 Å². The quantitative estimate of drug-likeness (QED) is 0.503. The Morgan fingerprint density at radius 3 is 2.50 bits per heavy atom. The smallest absolute Gasteiger partial charge is 0.261 e. The fourth-order valence-corrected chi connectivity index (χ4v) is 4.54. The monoisotopic (exact) mass is 488 g/mol. The Kier molecular flexibility index (Phi) is 7.43. The molecule has 4 rings (SSSR count). The summed E-state index contributed by atoms with van der Waals surface area (Å²) >= 11 is 0. The van der Waals surface area contributed by atoms with Gasteiger partial charge in [-0.05, 0) is 59.9 Å². The van der Waals surface area contributed by atoms with Gasteiger partial charge in [0.15, 0.2) is 6.10 Å². The van der Waals surface area contributed by atoms with Crippen LogP contribution in [0.1, 0.15) is 56.0 Å². The molecule has 2 amide bonds. The molecule has 1 N–H and O–H groups in total. The lowest BCUT2D eigenvalue weighted by Gasteiger charge is -2.41. The van der Waals surface area contributed by atoms with Crippen LogP contribution < -0.4 is 10.1 Å². The second-order valence-electron chi connectivity index (χ2n) is 10.3. The molecule has 0 bridgehead atoms. The Morgan fingerprint density at radius 1 is 1.06 bits per heavy atom. The van der Waals surface area contributed by atoms with Gasteiger partial charge in [-0.25, -0.2) is 4.39 Å². The topological polar surface area (TPSA) is 58.6 Å². The average molecular weight is 489 g/mol. The standard InChI is InChI=1S/C30H33FN2O3/c1-20(28(34)32-19-21-9-6-5-7-10-21)36-25-14-13-22-15-16-33(29(35)30(2,3)4)27(26(22)18-25)23-11-8-12-24(31)17-23/h5-14,17-18,20,27H,15-16,19H2,1-4H3,(H,32,34)/t20-,27-/m1/s1. The van der Waals surface area contributed by atoms with Gasteiger partial charge in [0.05, 0.1) is 6.04 Å². The van der Waals surface area contributed by atoms with Crippen LogP contribution in [0.2, 0.25) is 0 Å². The molecule has 5 nitrogen and oxygen atoms in total. The van der Waals surface area contributed by atoms with Gasteiger partial charge in [0.1, 0.15) is 11.6 Å². The van der Waals surface area contributed by atoms with Gasteiger partial charge in [0.2, 0.25) is 5.91 Å². The van der Waals surface area contributed by atoms with Crippen molar-refractivity contribution in [2.24, 2.45) is 5.41 Å². The minimum atomic E-state index is -0.713. The second-order valence-corrected chi connectivity index (χ2v) is 10.3. The van der Waals surface area contributed by atoms with E-state index in [0.717, 1.165) is 16.7 Å². The van der Waals surface area contributed by atoms with Gasteiger partial charge >= 0.3 is 0 Å². The van der Waals surface area contributed by atoms with Crippen LogP contribution in [-0.4, -0.2) is 29.4 Å². The number of amides is 2. The number of halogens is 1. The zero-order chi connectivity index (χ0) is 25.9. The lowest BCUT2D eigenvalue weighted by Crippen LogP contribution is -2.45. The Labute approximate surface area is 212 Å². The van der Waals surface area contributed by atoms with Crippen LogP contribution in [0.15, 0.2) is 72.8 Å². The summed E-state index contributed by atoms with van der Waals surface area (Å²) in [5, 5.41) is 2.90. The SMILES string of the molecule is C[C@@H](Oc1ccc2c(c1)[C@@H](c1cccc(F)c1)N(C(=O)C(C)(C)C)CC2)C(=O)NCc1ccccc1. The Morgan fingerprint density at radius 2 is 1.81 bits per heavy atom. The Bertz CT molecular complexity index is 1240. The van der Waals surface area contributed by atoms with Crippen LogP contribution in [0.4, 0.5) is 4.39 Å². The molecule has 6 heteroatoms. The maximum atomic E-state index is 14.2. The van der Waals surface area contributed by atoms with Crippen molar-refractivity contribution in [3.05, 3.63) is 101 Å². The second kappa shape index (κ2) is 10.5. The molecule has 0 saturated heterocycles. The van der Waals surface area contributed by atoms with Crippen molar-refractivity contribution in [3.8, 4) is 5.75 Å². The molecule has 0 unspecified atom stereocenters. The van der Waals surface area contributed by atoms with E-state index in [4.69, 9.17) is 4.74 Å². The Balaban J connectivity index is 1.59. The van der Waals surface area contributed by atoms with Gasteiger partial charge in [-0.15, -0.1) is 0 Å². The van der Waals surface area contributed by atoms with Crippen LogP contribution in [0.3, 0.4) is 0 Å². The molecular formula is C30H33FN2O3. The highest BCUT2D eigenvalue weighted by Crippen LogP contribution is 2.39. The molecule has 3 aromatic carbocycles. The molecule has 0 fully saturated rings. The van der Waals surface area contributed by atoms with Crippen LogP contribution in [-0.2, 0) is 22.6 Å². The predicted molar refractivity (Wildman–Crippen MR) is 138 cm³/mol. The largest absolute Gasteiger partial charge is 0.481 e. The highest BCUT2D eigenvalue weighted by atomic mass is 19.1. The molecule has 0 saturated carbocycles. The van der Waals surface area contributed by atoms with Crippen LogP contribution >= 0.6 is 0 Å². The van der Waals surface area contributed by atoms with Crippen molar-refractivity contribution >= 4 is 11.8 Å². The third kappa shape index (κ3) is 5.76. The van der Waals surface area contributed by atoms with E-state index in [-0.39, 0.29) is 17.6 Å². The van der Waals surface area contributed by atoms with Crippen molar-refractivity contribution in [1.29, 1.82) is 0 Å². The molecule has 1 aliphatic rings. The fourth-order valence-electron chi connectivity index (χ4n) is 4.54. The maximum Gasteiger partial charge on any atom is 0.261 e. The van der Waals surface area contributed by atoms with E-state index in [2.05, 4.69) is 5.32 Å². The number of ether oxygens (including phenoxy) is 1. The first-order valence-corrected chi connectivity index (χ1v) is 12.3. The third-order valence-electron chi connectivity index (χ3n) is 6.40. The van der Waals surface area contributed by atoms with Crippen molar-refractivity contribution in [2.75, 3.05) is 6.54 Å². The molecule has 0 aromatic heterocycles. The molecule has 0 spiro atoms. The van der Waals surface area contributed by atoms with E-state index >= 15 is 0 Å². The Hall–Kier alpha value is -3.67. The number of rotatable bonds is 6. The summed E-state index contributed by atoms with van der Waals surface area (Å²) in [6.45, 7) is 8.35. The molecule has 0 aliphatic carbocycles. The number of benzene rings is 3. The molecule has 36 heavy (non-hydrogen) atoms. The average Bonchev–Trinajstić information content (AvgIpc) is 2.86. The van der Waals surface area contributed by atoms with E-state index in [0.29, 0.717) is 30.8 Å². The van der Waals surface area contributed by atoms with Gasteiger partial charge < -0.3 is 15.0 Å². The van der Waals surface area contributed by atoms with Crippen molar-refractivity contribution in [1.82, 2.24) is 10.2 Å². The summed E-state index contributed by atoms with van der Waals surface area (Å²) in [5.41, 5.74) is 3.10. The summed E-state index contributed by atoms with van der Waals surface area (Å²) in [7, 11) is 0. The first kappa shape index (κ1) is 25.4. The fraction of sp³-hybridized carbons (Fsp3) is 0.333. The minimum absolute atomic E-state index is 0.00221. The lowest BCUT2D eigenvalue weighted by molar-refractivity contribution is -0.141.